The van der Waals surface area contributed by atoms with Crippen molar-refractivity contribution in [3.8, 4) is 0 Å². The number of amides is 1. The van der Waals surface area contributed by atoms with E-state index in [0.717, 1.165) is 22.2 Å². The van der Waals surface area contributed by atoms with E-state index in [1.807, 2.05) is 43.5 Å². The van der Waals surface area contributed by atoms with Gasteiger partial charge in [-0.2, -0.15) is 0 Å². The molecule has 3 rings (SSSR count). The van der Waals surface area contributed by atoms with E-state index in [2.05, 4.69) is 15.3 Å². The molecule has 0 radical (unpaired) electrons. The van der Waals surface area contributed by atoms with Crippen LogP contribution in [-0.4, -0.2) is 21.8 Å². The Morgan fingerprint density at radius 2 is 2.26 bits per heavy atom. The van der Waals surface area contributed by atoms with Gasteiger partial charge in [-0.25, -0.2) is 4.99 Å². The number of aromatic amines is 1. The minimum atomic E-state index is -0.134. The van der Waals surface area contributed by atoms with E-state index in [1.54, 1.807) is 0 Å². The fourth-order valence-corrected chi connectivity index (χ4v) is 2.57. The fourth-order valence-electron chi connectivity index (χ4n) is 1.97. The van der Waals surface area contributed by atoms with Crippen molar-refractivity contribution in [2.24, 2.45) is 4.99 Å². The van der Waals surface area contributed by atoms with Crippen molar-refractivity contribution in [1.29, 1.82) is 0 Å². The van der Waals surface area contributed by atoms with Gasteiger partial charge in [-0.15, -0.1) is 0 Å². The van der Waals surface area contributed by atoms with Crippen LogP contribution in [-0.2, 0) is 4.79 Å². The third-order valence-corrected chi connectivity index (χ3v) is 3.59. The Labute approximate surface area is 115 Å². The number of fused-ring (bicyclic) bond motifs is 1. The van der Waals surface area contributed by atoms with Gasteiger partial charge in [0.05, 0.1) is 0 Å². The third kappa shape index (κ3) is 2.42. The number of aromatic nitrogens is 1. The molecule has 4 nitrogen and oxygen atoms in total. The monoisotopic (exact) mass is 271 g/mol. The number of benzene rings is 1. The molecule has 19 heavy (non-hydrogen) atoms. The lowest BCUT2D eigenvalue weighted by Crippen LogP contribution is -2.21. The van der Waals surface area contributed by atoms with Crippen LogP contribution in [0.25, 0.3) is 17.0 Å². The summed E-state index contributed by atoms with van der Waals surface area (Å²) in [6.45, 7) is 2.03. The largest absolute Gasteiger partial charge is 0.361 e. The molecule has 2 heterocycles. The van der Waals surface area contributed by atoms with Crippen LogP contribution in [0.1, 0.15) is 12.5 Å². The zero-order valence-electron chi connectivity index (χ0n) is 10.4. The highest BCUT2D eigenvalue weighted by Crippen LogP contribution is 2.19. The number of nitrogens with one attached hydrogen (secondary N) is 2. The average Bonchev–Trinajstić information content (AvgIpc) is 2.97. The number of hydrogen-bond acceptors (Lipinski definition) is 3. The summed E-state index contributed by atoms with van der Waals surface area (Å²) in [6, 6.07) is 8.01. The molecule has 0 saturated heterocycles. The standard InChI is InChI=1S/C14H13N3OS/c1-2-19-14-16-12(13(18)17-14)8-9-3-4-11-10(7-9)5-6-15-11/h3-8,15H,2H2,1H3,(H,16,17,18)/b12-8-. The van der Waals surface area contributed by atoms with E-state index in [-0.39, 0.29) is 5.91 Å². The Kier molecular flexibility index (Phi) is 3.13. The number of hydrogen-bond donors (Lipinski definition) is 2. The average molecular weight is 271 g/mol. The highest BCUT2D eigenvalue weighted by atomic mass is 32.2. The molecule has 1 aromatic carbocycles. The van der Waals surface area contributed by atoms with Crippen molar-refractivity contribution in [3.63, 3.8) is 0 Å². The Bertz CT molecular complexity index is 700. The van der Waals surface area contributed by atoms with Gasteiger partial charge in [0.2, 0.25) is 0 Å². The van der Waals surface area contributed by atoms with Crippen LogP contribution < -0.4 is 5.32 Å². The predicted octanol–water partition coefficient (Wildman–Crippen LogP) is 2.75. The summed E-state index contributed by atoms with van der Waals surface area (Å²) in [5.41, 5.74) is 2.53. The van der Waals surface area contributed by atoms with Gasteiger partial charge in [-0.3, -0.25) is 10.1 Å². The van der Waals surface area contributed by atoms with Crippen molar-refractivity contribution in [3.05, 3.63) is 41.7 Å². The highest BCUT2D eigenvalue weighted by molar-refractivity contribution is 8.13. The summed E-state index contributed by atoms with van der Waals surface area (Å²) >= 11 is 1.53. The number of carbonyl (C=O) groups excluding carboxylic acids is 1. The molecule has 0 unspecified atom stereocenters. The SMILES string of the molecule is CCSC1=N/C(=C\c2ccc3[nH]ccc3c2)C(=O)N1. The quantitative estimate of drug-likeness (QED) is 0.825. The molecule has 0 spiro atoms. The normalized spacial score (nSPS) is 17.0. The van der Waals surface area contributed by atoms with Crippen LogP contribution in [0.5, 0.6) is 0 Å². The molecule has 1 amide bonds. The maximum absolute atomic E-state index is 11.8. The van der Waals surface area contributed by atoms with E-state index in [1.165, 1.54) is 11.8 Å². The van der Waals surface area contributed by atoms with Crippen LogP contribution in [0.3, 0.4) is 0 Å². The molecule has 2 N–H and O–H groups in total. The lowest BCUT2D eigenvalue weighted by molar-refractivity contribution is -0.115. The van der Waals surface area contributed by atoms with Gasteiger partial charge in [-0.1, -0.05) is 24.8 Å². The third-order valence-electron chi connectivity index (χ3n) is 2.84. The Morgan fingerprint density at radius 3 is 3.11 bits per heavy atom. The Balaban J connectivity index is 1.94. The first-order valence-electron chi connectivity index (χ1n) is 6.08. The maximum atomic E-state index is 11.8. The number of H-pyrrole nitrogens is 1. The number of amidine groups is 1. The van der Waals surface area contributed by atoms with Gasteiger partial charge in [0.15, 0.2) is 5.17 Å². The van der Waals surface area contributed by atoms with Crippen molar-refractivity contribution < 1.29 is 4.79 Å². The summed E-state index contributed by atoms with van der Waals surface area (Å²) < 4.78 is 0. The lowest BCUT2D eigenvalue weighted by atomic mass is 10.1. The molecule has 5 heteroatoms. The smallest absolute Gasteiger partial charge is 0.275 e. The summed E-state index contributed by atoms with van der Waals surface area (Å²) in [5, 5.41) is 4.56. The van der Waals surface area contributed by atoms with E-state index in [9.17, 15) is 4.79 Å². The number of carbonyl (C=O) groups is 1. The zero-order valence-corrected chi connectivity index (χ0v) is 11.3. The van der Waals surface area contributed by atoms with Gasteiger partial charge in [0, 0.05) is 11.7 Å². The van der Waals surface area contributed by atoms with E-state index in [0.29, 0.717) is 10.9 Å². The van der Waals surface area contributed by atoms with E-state index in [4.69, 9.17) is 0 Å². The first-order valence-corrected chi connectivity index (χ1v) is 7.06. The predicted molar refractivity (Wildman–Crippen MR) is 80.0 cm³/mol. The highest BCUT2D eigenvalue weighted by Gasteiger charge is 2.19. The zero-order chi connectivity index (χ0) is 13.2. The second-order valence-corrected chi connectivity index (χ2v) is 5.41. The van der Waals surface area contributed by atoms with E-state index >= 15 is 0 Å². The van der Waals surface area contributed by atoms with Gasteiger partial charge in [0.25, 0.3) is 5.91 Å². The first-order chi connectivity index (χ1) is 9.26. The van der Waals surface area contributed by atoms with Crippen molar-refractivity contribution in [2.45, 2.75) is 6.92 Å². The minimum absolute atomic E-state index is 0.134. The van der Waals surface area contributed by atoms with Crippen LogP contribution >= 0.6 is 11.8 Å². The summed E-state index contributed by atoms with van der Waals surface area (Å²) in [5.74, 6) is 0.756. The van der Waals surface area contributed by atoms with Crippen molar-refractivity contribution in [1.82, 2.24) is 10.3 Å². The second kappa shape index (κ2) is 4.93. The van der Waals surface area contributed by atoms with Gasteiger partial charge >= 0.3 is 0 Å². The van der Waals surface area contributed by atoms with Crippen LogP contribution in [0, 0.1) is 0 Å². The van der Waals surface area contributed by atoms with Crippen molar-refractivity contribution >= 4 is 39.8 Å². The van der Waals surface area contributed by atoms with E-state index < -0.39 is 0 Å². The number of rotatable bonds is 2. The number of nitrogens with zero attached hydrogens (tertiary/aromatic N) is 1. The molecule has 1 aliphatic rings. The topological polar surface area (TPSA) is 57.2 Å². The summed E-state index contributed by atoms with van der Waals surface area (Å²) in [7, 11) is 0. The van der Waals surface area contributed by atoms with Gasteiger partial charge in [-0.05, 0) is 41.0 Å². The summed E-state index contributed by atoms with van der Waals surface area (Å²) in [6.07, 6.45) is 3.71. The molecule has 1 aromatic heterocycles. The fraction of sp³-hybridized carbons (Fsp3) is 0.143. The number of aliphatic imine (C=N–C) groups is 1. The second-order valence-electron chi connectivity index (χ2n) is 4.16. The first kappa shape index (κ1) is 12.0. The summed E-state index contributed by atoms with van der Waals surface area (Å²) in [4.78, 5) is 19.2. The minimum Gasteiger partial charge on any atom is -0.361 e. The Morgan fingerprint density at radius 1 is 1.37 bits per heavy atom. The molecule has 0 aliphatic carbocycles. The van der Waals surface area contributed by atoms with Crippen LogP contribution in [0.15, 0.2) is 41.2 Å². The molecular weight excluding hydrogens is 258 g/mol. The van der Waals surface area contributed by atoms with Gasteiger partial charge in [0.1, 0.15) is 5.70 Å². The van der Waals surface area contributed by atoms with Gasteiger partial charge < -0.3 is 4.98 Å². The molecule has 0 saturated carbocycles. The number of thioether (sulfide) groups is 1. The molecule has 0 bridgehead atoms. The van der Waals surface area contributed by atoms with Crippen LogP contribution in [0.2, 0.25) is 0 Å². The molecule has 2 aromatic rings. The maximum Gasteiger partial charge on any atom is 0.275 e. The lowest BCUT2D eigenvalue weighted by Gasteiger charge is -1.96. The molecule has 96 valence electrons. The molecule has 0 fully saturated rings. The Hall–Kier alpha value is -2.01. The molecular formula is C14H13N3OS. The molecule has 0 atom stereocenters. The van der Waals surface area contributed by atoms with Crippen molar-refractivity contribution in [2.75, 3.05) is 5.75 Å². The van der Waals surface area contributed by atoms with Crippen LogP contribution in [0.4, 0.5) is 0 Å². The molecule has 1 aliphatic heterocycles.